The number of methoxy groups -OCH3 is 1. The van der Waals surface area contributed by atoms with Crippen LogP contribution in [0.15, 0.2) is 67.0 Å². The molecule has 3 aromatic rings. The first-order valence-electron chi connectivity index (χ1n) is 9.03. The molecule has 138 valence electrons. The number of nitrogens with zero attached hydrogens (tertiary/aromatic N) is 4. The first-order valence-corrected chi connectivity index (χ1v) is 9.03. The van der Waals surface area contributed by atoms with E-state index in [0.717, 1.165) is 30.2 Å². The van der Waals surface area contributed by atoms with Gasteiger partial charge in [-0.1, -0.05) is 6.07 Å². The molecular weight excluding hydrogens is 340 g/mol. The van der Waals surface area contributed by atoms with Crippen LogP contribution in [0.1, 0.15) is 10.4 Å². The van der Waals surface area contributed by atoms with Crippen LogP contribution in [0.25, 0.3) is 5.69 Å². The summed E-state index contributed by atoms with van der Waals surface area (Å²) < 4.78 is 7.08. The lowest BCUT2D eigenvalue weighted by atomic mass is 10.1. The smallest absolute Gasteiger partial charge is 0.253 e. The lowest BCUT2D eigenvalue weighted by Crippen LogP contribution is -2.48. The molecule has 2 heterocycles. The summed E-state index contributed by atoms with van der Waals surface area (Å²) >= 11 is 0. The largest absolute Gasteiger partial charge is 0.497 e. The molecular formula is C21H22N4O2. The van der Waals surface area contributed by atoms with E-state index in [9.17, 15) is 4.79 Å². The van der Waals surface area contributed by atoms with Crippen molar-refractivity contribution in [1.82, 2.24) is 14.7 Å². The molecule has 0 bridgehead atoms. The number of carbonyl (C=O) groups is 1. The van der Waals surface area contributed by atoms with Gasteiger partial charge in [0.05, 0.1) is 12.8 Å². The van der Waals surface area contributed by atoms with Crippen molar-refractivity contribution in [2.45, 2.75) is 0 Å². The number of rotatable bonds is 4. The van der Waals surface area contributed by atoms with E-state index in [2.05, 4.69) is 16.1 Å². The summed E-state index contributed by atoms with van der Waals surface area (Å²) in [5, 5.41) is 4.21. The number of anilines is 1. The number of hydrogen-bond acceptors (Lipinski definition) is 4. The summed E-state index contributed by atoms with van der Waals surface area (Å²) in [5.74, 6) is 0.926. The number of aromatic nitrogens is 2. The zero-order valence-corrected chi connectivity index (χ0v) is 15.3. The second-order valence-corrected chi connectivity index (χ2v) is 6.48. The fraction of sp³-hybridized carbons (Fsp3) is 0.238. The van der Waals surface area contributed by atoms with Crippen molar-refractivity contribution < 1.29 is 9.53 Å². The Kier molecular flexibility index (Phi) is 4.78. The van der Waals surface area contributed by atoms with Crippen LogP contribution in [-0.4, -0.2) is 53.9 Å². The normalized spacial score (nSPS) is 14.3. The monoisotopic (exact) mass is 362 g/mol. The molecule has 0 unspecified atom stereocenters. The summed E-state index contributed by atoms with van der Waals surface area (Å²) in [6.45, 7) is 3.03. The van der Waals surface area contributed by atoms with Crippen molar-refractivity contribution in [2.75, 3.05) is 38.2 Å². The maximum absolute atomic E-state index is 12.8. The first kappa shape index (κ1) is 17.1. The molecule has 1 aliphatic rings. The molecule has 27 heavy (non-hydrogen) atoms. The number of amides is 1. The van der Waals surface area contributed by atoms with Gasteiger partial charge in [-0.05, 0) is 42.5 Å². The van der Waals surface area contributed by atoms with Crippen molar-refractivity contribution in [3.05, 3.63) is 72.6 Å². The number of ether oxygens (including phenoxy) is 1. The van der Waals surface area contributed by atoms with E-state index >= 15 is 0 Å². The van der Waals surface area contributed by atoms with E-state index in [0.29, 0.717) is 18.7 Å². The van der Waals surface area contributed by atoms with Crippen LogP contribution in [-0.2, 0) is 0 Å². The molecule has 0 spiro atoms. The fourth-order valence-electron chi connectivity index (χ4n) is 3.34. The van der Waals surface area contributed by atoms with Gasteiger partial charge >= 0.3 is 0 Å². The minimum absolute atomic E-state index is 0.0762. The second kappa shape index (κ2) is 7.53. The Morgan fingerprint density at radius 2 is 1.74 bits per heavy atom. The van der Waals surface area contributed by atoms with Gasteiger partial charge in [0.25, 0.3) is 5.91 Å². The second-order valence-electron chi connectivity index (χ2n) is 6.48. The molecule has 2 aromatic carbocycles. The highest BCUT2D eigenvalue weighted by Crippen LogP contribution is 2.22. The first-order chi connectivity index (χ1) is 13.2. The van der Waals surface area contributed by atoms with Crippen LogP contribution in [0.3, 0.4) is 0 Å². The molecule has 1 fully saturated rings. The quantitative estimate of drug-likeness (QED) is 0.716. The van der Waals surface area contributed by atoms with E-state index in [-0.39, 0.29) is 5.91 Å². The molecule has 4 rings (SSSR count). The SMILES string of the molecule is COc1cccc(N2CCN(C(=O)c3ccc(-n4cccn4)cc3)CC2)c1. The van der Waals surface area contributed by atoms with Gasteiger partial charge in [-0.3, -0.25) is 4.79 Å². The number of hydrogen-bond donors (Lipinski definition) is 0. The van der Waals surface area contributed by atoms with Gasteiger partial charge in [0.1, 0.15) is 5.75 Å². The Balaban J connectivity index is 1.39. The standard InChI is InChI=1S/C21H22N4O2/c1-27-20-5-2-4-19(16-20)23-12-14-24(15-13-23)21(26)17-6-8-18(9-7-17)25-11-3-10-22-25/h2-11,16H,12-15H2,1H3. The van der Waals surface area contributed by atoms with Gasteiger partial charge in [-0.15, -0.1) is 0 Å². The highest BCUT2D eigenvalue weighted by Gasteiger charge is 2.22. The van der Waals surface area contributed by atoms with Crippen LogP contribution in [0, 0.1) is 0 Å². The van der Waals surface area contributed by atoms with Crippen molar-refractivity contribution in [3.8, 4) is 11.4 Å². The summed E-state index contributed by atoms with van der Waals surface area (Å²) in [7, 11) is 1.67. The molecule has 1 aromatic heterocycles. The highest BCUT2D eigenvalue weighted by atomic mass is 16.5. The van der Waals surface area contributed by atoms with E-state index < -0.39 is 0 Å². The third-order valence-corrected chi connectivity index (χ3v) is 4.87. The molecule has 1 saturated heterocycles. The molecule has 1 amide bonds. The van der Waals surface area contributed by atoms with Crippen molar-refractivity contribution in [1.29, 1.82) is 0 Å². The van der Waals surface area contributed by atoms with E-state index in [1.165, 1.54) is 0 Å². The molecule has 0 N–H and O–H groups in total. The van der Waals surface area contributed by atoms with Crippen LogP contribution >= 0.6 is 0 Å². The van der Waals surface area contributed by atoms with Crippen LogP contribution in [0.2, 0.25) is 0 Å². The van der Waals surface area contributed by atoms with Gasteiger partial charge < -0.3 is 14.5 Å². The van der Waals surface area contributed by atoms with Gasteiger partial charge in [-0.2, -0.15) is 5.10 Å². The molecule has 0 aliphatic carbocycles. The molecule has 0 saturated carbocycles. The Morgan fingerprint density at radius 1 is 0.963 bits per heavy atom. The fourth-order valence-corrected chi connectivity index (χ4v) is 3.34. The zero-order valence-electron chi connectivity index (χ0n) is 15.3. The average Bonchev–Trinajstić information content (AvgIpc) is 3.28. The topological polar surface area (TPSA) is 50.6 Å². The van der Waals surface area contributed by atoms with E-state index in [1.807, 2.05) is 59.6 Å². The maximum Gasteiger partial charge on any atom is 0.253 e. The number of carbonyl (C=O) groups excluding carboxylic acids is 1. The van der Waals surface area contributed by atoms with Crippen molar-refractivity contribution in [3.63, 3.8) is 0 Å². The van der Waals surface area contributed by atoms with Crippen LogP contribution < -0.4 is 9.64 Å². The predicted octanol–water partition coefficient (Wildman–Crippen LogP) is 2.84. The third kappa shape index (κ3) is 3.65. The Hall–Kier alpha value is -3.28. The average molecular weight is 362 g/mol. The highest BCUT2D eigenvalue weighted by molar-refractivity contribution is 5.94. The molecule has 0 atom stereocenters. The van der Waals surface area contributed by atoms with Crippen LogP contribution in [0.4, 0.5) is 5.69 Å². The van der Waals surface area contributed by atoms with E-state index in [4.69, 9.17) is 4.74 Å². The van der Waals surface area contributed by atoms with E-state index in [1.54, 1.807) is 18.0 Å². The molecule has 6 heteroatoms. The summed E-state index contributed by atoms with van der Waals surface area (Å²) in [6, 6.07) is 17.5. The third-order valence-electron chi connectivity index (χ3n) is 4.87. The Labute approximate surface area is 158 Å². The molecule has 6 nitrogen and oxygen atoms in total. The Morgan fingerprint density at radius 3 is 2.41 bits per heavy atom. The molecule has 0 radical (unpaired) electrons. The Bertz CT molecular complexity index is 898. The zero-order chi connectivity index (χ0) is 18.6. The molecule has 1 aliphatic heterocycles. The summed E-state index contributed by atoms with van der Waals surface area (Å²) in [6.07, 6.45) is 3.62. The minimum Gasteiger partial charge on any atom is -0.497 e. The number of benzene rings is 2. The lowest BCUT2D eigenvalue weighted by Gasteiger charge is -2.36. The van der Waals surface area contributed by atoms with Gasteiger partial charge in [0.2, 0.25) is 0 Å². The van der Waals surface area contributed by atoms with Gasteiger partial charge in [0, 0.05) is 55.9 Å². The van der Waals surface area contributed by atoms with Crippen molar-refractivity contribution >= 4 is 11.6 Å². The predicted molar refractivity (Wildman–Crippen MR) is 105 cm³/mol. The van der Waals surface area contributed by atoms with Crippen LogP contribution in [0.5, 0.6) is 5.75 Å². The van der Waals surface area contributed by atoms with Gasteiger partial charge in [0.15, 0.2) is 0 Å². The maximum atomic E-state index is 12.8. The minimum atomic E-state index is 0.0762. The van der Waals surface area contributed by atoms with Gasteiger partial charge in [-0.25, -0.2) is 4.68 Å². The lowest BCUT2D eigenvalue weighted by molar-refractivity contribution is 0.0747. The van der Waals surface area contributed by atoms with Crippen molar-refractivity contribution in [2.24, 2.45) is 0 Å². The summed E-state index contributed by atoms with van der Waals surface area (Å²) in [4.78, 5) is 17.0. The number of piperazine rings is 1. The summed E-state index contributed by atoms with van der Waals surface area (Å²) in [5.41, 5.74) is 2.78.